The summed E-state index contributed by atoms with van der Waals surface area (Å²) in [4.78, 5) is 35.1. The molecule has 0 saturated carbocycles. The van der Waals surface area contributed by atoms with Crippen LogP contribution in [0, 0.1) is 10.1 Å². The fraction of sp³-hybridized carbons (Fsp3) is 0. The molecule has 0 spiro atoms. The summed E-state index contributed by atoms with van der Waals surface area (Å²) in [6.45, 7) is 0. The van der Waals surface area contributed by atoms with Crippen molar-refractivity contribution in [2.45, 2.75) is 0 Å². The Kier molecular flexibility index (Phi) is 6.96. The van der Waals surface area contributed by atoms with Crippen LogP contribution in [0.15, 0.2) is 71.8 Å². The molecule has 0 saturated heterocycles. The third-order valence-electron chi connectivity index (χ3n) is 3.96. The lowest BCUT2D eigenvalue weighted by Gasteiger charge is -2.08. The van der Waals surface area contributed by atoms with Crippen LogP contribution >= 0.6 is 23.2 Å². The average molecular weight is 458 g/mol. The summed E-state index contributed by atoms with van der Waals surface area (Å²) in [5, 5.41) is 15.4. The highest BCUT2D eigenvalue weighted by Crippen LogP contribution is 2.24. The van der Waals surface area contributed by atoms with E-state index < -0.39 is 16.8 Å². The van der Waals surface area contributed by atoms with Gasteiger partial charge in [0, 0.05) is 22.7 Å². The monoisotopic (exact) mass is 457 g/mol. The highest BCUT2D eigenvalue weighted by atomic mass is 35.5. The van der Waals surface area contributed by atoms with Crippen molar-refractivity contribution in [2.24, 2.45) is 5.10 Å². The van der Waals surface area contributed by atoms with Gasteiger partial charge in [-0.2, -0.15) is 5.10 Å². The number of esters is 1. The fourth-order valence-corrected chi connectivity index (χ4v) is 2.96. The molecule has 0 fully saturated rings. The molecule has 0 radical (unpaired) electrons. The smallest absolute Gasteiger partial charge is 0.343 e. The van der Waals surface area contributed by atoms with Gasteiger partial charge in [0.05, 0.1) is 27.3 Å². The number of hydrogen-bond acceptors (Lipinski definition) is 6. The summed E-state index contributed by atoms with van der Waals surface area (Å²) in [5.41, 5.74) is 2.57. The quantitative estimate of drug-likeness (QED) is 0.186. The Labute approximate surface area is 186 Å². The number of nitrogens with zero attached hydrogens (tertiary/aromatic N) is 2. The van der Waals surface area contributed by atoms with Gasteiger partial charge in [-0.25, -0.2) is 10.2 Å². The van der Waals surface area contributed by atoms with E-state index in [0.717, 1.165) is 6.21 Å². The fourth-order valence-electron chi connectivity index (χ4n) is 2.47. The molecule has 3 aromatic rings. The van der Waals surface area contributed by atoms with Gasteiger partial charge in [0.2, 0.25) is 0 Å². The van der Waals surface area contributed by atoms with Gasteiger partial charge in [-0.15, -0.1) is 0 Å². The number of hydrazone groups is 1. The summed E-state index contributed by atoms with van der Waals surface area (Å²) < 4.78 is 5.34. The third kappa shape index (κ3) is 5.65. The topological polar surface area (TPSA) is 111 Å². The number of nitrogens with one attached hydrogen (secondary N) is 1. The van der Waals surface area contributed by atoms with Crippen LogP contribution in [0.25, 0.3) is 0 Å². The Morgan fingerprint density at radius 2 is 1.77 bits per heavy atom. The molecule has 0 heterocycles. The number of amides is 1. The van der Waals surface area contributed by atoms with Crippen molar-refractivity contribution in [3.63, 3.8) is 0 Å². The van der Waals surface area contributed by atoms with E-state index in [1.165, 1.54) is 36.4 Å². The molecule has 0 aliphatic carbocycles. The lowest BCUT2D eigenvalue weighted by Crippen LogP contribution is -2.18. The van der Waals surface area contributed by atoms with E-state index in [9.17, 15) is 19.7 Å². The highest BCUT2D eigenvalue weighted by Gasteiger charge is 2.15. The zero-order valence-electron chi connectivity index (χ0n) is 15.6. The maximum Gasteiger partial charge on any atom is 0.343 e. The third-order valence-corrected chi connectivity index (χ3v) is 4.51. The first-order chi connectivity index (χ1) is 14.8. The van der Waals surface area contributed by atoms with Crippen LogP contribution in [-0.2, 0) is 0 Å². The molecule has 1 N–H and O–H groups in total. The van der Waals surface area contributed by atoms with Crippen LogP contribution in [-0.4, -0.2) is 23.0 Å². The van der Waals surface area contributed by atoms with Crippen molar-refractivity contribution in [2.75, 3.05) is 0 Å². The highest BCUT2D eigenvalue weighted by molar-refractivity contribution is 6.36. The van der Waals surface area contributed by atoms with E-state index >= 15 is 0 Å². The number of ether oxygens (including phenoxy) is 1. The first-order valence-electron chi connectivity index (χ1n) is 8.69. The minimum atomic E-state index is -0.652. The molecule has 156 valence electrons. The SMILES string of the molecule is O=C(Oc1ccc([N+](=O)[O-])cc1/C=N/NC(=O)c1ccc(Cl)cc1Cl)c1ccccc1. The second kappa shape index (κ2) is 9.84. The normalized spacial score (nSPS) is 10.6. The molecule has 0 unspecified atom stereocenters. The molecule has 0 bridgehead atoms. The predicted molar refractivity (Wildman–Crippen MR) is 116 cm³/mol. The Morgan fingerprint density at radius 1 is 1.03 bits per heavy atom. The van der Waals surface area contributed by atoms with Crippen molar-refractivity contribution < 1.29 is 19.2 Å². The molecule has 0 aliphatic rings. The second-order valence-corrected chi connectivity index (χ2v) is 6.90. The molecule has 3 aromatic carbocycles. The van der Waals surface area contributed by atoms with Crippen LogP contribution in [0.2, 0.25) is 10.0 Å². The minimum Gasteiger partial charge on any atom is -0.422 e. The number of hydrogen-bond donors (Lipinski definition) is 1. The molecule has 0 aromatic heterocycles. The molecule has 0 aliphatic heterocycles. The number of benzene rings is 3. The van der Waals surface area contributed by atoms with E-state index in [2.05, 4.69) is 10.5 Å². The van der Waals surface area contributed by atoms with Gasteiger partial charge in [0.25, 0.3) is 11.6 Å². The summed E-state index contributed by atoms with van der Waals surface area (Å²) in [5.74, 6) is -1.24. The summed E-state index contributed by atoms with van der Waals surface area (Å²) in [7, 11) is 0. The van der Waals surface area contributed by atoms with E-state index in [1.54, 1.807) is 30.3 Å². The minimum absolute atomic E-state index is 0.0296. The van der Waals surface area contributed by atoms with Crippen LogP contribution in [0.1, 0.15) is 26.3 Å². The van der Waals surface area contributed by atoms with Crippen LogP contribution < -0.4 is 10.2 Å². The van der Waals surface area contributed by atoms with Crippen molar-refractivity contribution in [3.8, 4) is 5.75 Å². The Morgan fingerprint density at radius 3 is 2.45 bits per heavy atom. The van der Waals surface area contributed by atoms with Crippen molar-refractivity contribution in [3.05, 3.63) is 104 Å². The maximum atomic E-state index is 12.3. The standard InChI is InChI=1S/C21H13Cl2N3O5/c22-15-6-8-17(18(23)11-15)20(27)25-24-12-14-10-16(26(29)30)7-9-19(14)31-21(28)13-4-2-1-3-5-13/h1-12H,(H,25,27)/b24-12+. The average Bonchev–Trinajstić information content (AvgIpc) is 2.75. The lowest BCUT2D eigenvalue weighted by molar-refractivity contribution is -0.384. The molecular formula is C21H13Cl2N3O5. The van der Waals surface area contributed by atoms with Crippen molar-refractivity contribution in [1.29, 1.82) is 0 Å². The number of carbonyl (C=O) groups excluding carboxylic acids is 2. The van der Waals surface area contributed by atoms with Crippen LogP contribution in [0.3, 0.4) is 0 Å². The van der Waals surface area contributed by atoms with Gasteiger partial charge in [0.15, 0.2) is 0 Å². The number of nitro benzene ring substituents is 1. The first-order valence-corrected chi connectivity index (χ1v) is 9.45. The van der Waals surface area contributed by atoms with Gasteiger partial charge in [-0.1, -0.05) is 41.4 Å². The molecule has 0 atom stereocenters. The number of rotatable bonds is 6. The number of nitro groups is 1. The molecule has 31 heavy (non-hydrogen) atoms. The van der Waals surface area contributed by atoms with Gasteiger partial charge in [-0.05, 0) is 36.4 Å². The first kappa shape index (κ1) is 21.9. The van der Waals surface area contributed by atoms with E-state index in [-0.39, 0.29) is 27.6 Å². The van der Waals surface area contributed by atoms with Crippen LogP contribution in [0.4, 0.5) is 5.69 Å². The van der Waals surface area contributed by atoms with E-state index in [1.807, 2.05) is 0 Å². The summed E-state index contributed by atoms with van der Waals surface area (Å²) in [6.07, 6.45) is 1.13. The van der Waals surface area contributed by atoms with E-state index in [4.69, 9.17) is 27.9 Å². The van der Waals surface area contributed by atoms with Gasteiger partial charge >= 0.3 is 5.97 Å². The zero-order valence-corrected chi connectivity index (χ0v) is 17.1. The molecule has 3 rings (SSSR count). The summed E-state index contributed by atoms with van der Waals surface area (Å²) >= 11 is 11.8. The second-order valence-electron chi connectivity index (χ2n) is 6.06. The Hall–Kier alpha value is -3.75. The molecule has 8 nitrogen and oxygen atoms in total. The van der Waals surface area contributed by atoms with Crippen molar-refractivity contribution >= 4 is 47.0 Å². The van der Waals surface area contributed by atoms with Gasteiger partial charge in [-0.3, -0.25) is 14.9 Å². The predicted octanol–water partition coefficient (Wildman–Crippen LogP) is 4.88. The van der Waals surface area contributed by atoms with Crippen molar-refractivity contribution in [1.82, 2.24) is 5.43 Å². The summed E-state index contributed by atoms with van der Waals surface area (Å²) in [6, 6.07) is 16.2. The lowest BCUT2D eigenvalue weighted by atomic mass is 10.2. The molecule has 1 amide bonds. The van der Waals surface area contributed by atoms with Gasteiger partial charge in [0.1, 0.15) is 5.75 Å². The largest absolute Gasteiger partial charge is 0.422 e. The van der Waals surface area contributed by atoms with Gasteiger partial charge < -0.3 is 4.74 Å². The maximum absolute atomic E-state index is 12.3. The zero-order chi connectivity index (χ0) is 22.4. The number of halogens is 2. The Bertz CT molecular complexity index is 1180. The molecule has 10 heteroatoms. The number of carbonyl (C=O) groups is 2. The van der Waals surface area contributed by atoms with E-state index in [0.29, 0.717) is 10.6 Å². The Balaban J connectivity index is 1.82. The number of non-ortho nitro benzene ring substituents is 1. The molecular weight excluding hydrogens is 445 g/mol. The van der Waals surface area contributed by atoms with Crippen LogP contribution in [0.5, 0.6) is 5.75 Å².